The van der Waals surface area contributed by atoms with Crippen LogP contribution in [0.3, 0.4) is 0 Å². The van der Waals surface area contributed by atoms with Crippen LogP contribution in [0.1, 0.15) is 29.8 Å². The lowest BCUT2D eigenvalue weighted by Crippen LogP contribution is -2.24. The monoisotopic (exact) mass is 318 g/mol. The van der Waals surface area contributed by atoms with Crippen molar-refractivity contribution in [3.63, 3.8) is 0 Å². The van der Waals surface area contributed by atoms with Crippen molar-refractivity contribution >= 4 is 15.9 Å². The first-order valence-corrected chi connectivity index (χ1v) is 7.39. The second-order valence-corrected chi connectivity index (χ2v) is 5.55. The molecule has 0 saturated carbocycles. The number of benzene rings is 1. The molecule has 0 aliphatic rings. The van der Waals surface area contributed by atoms with E-state index in [0.29, 0.717) is 6.04 Å². The molecule has 19 heavy (non-hydrogen) atoms. The van der Waals surface area contributed by atoms with E-state index in [-0.39, 0.29) is 0 Å². The molecule has 1 aromatic carbocycles. The highest BCUT2D eigenvalue weighted by molar-refractivity contribution is 9.10. The lowest BCUT2D eigenvalue weighted by atomic mass is 9.97. The Morgan fingerprint density at radius 1 is 1.26 bits per heavy atom. The summed E-state index contributed by atoms with van der Waals surface area (Å²) in [6.07, 6.45) is 2.76. The normalized spacial score (nSPS) is 12.4. The van der Waals surface area contributed by atoms with Gasteiger partial charge in [0.2, 0.25) is 0 Å². The predicted octanol–water partition coefficient (Wildman–Crippen LogP) is 4.05. The first kappa shape index (κ1) is 14.2. The Balaban J connectivity index is 2.27. The van der Waals surface area contributed by atoms with Gasteiger partial charge in [-0.3, -0.25) is 4.98 Å². The number of pyridine rings is 1. The molecule has 0 spiro atoms. The third kappa shape index (κ3) is 3.88. The van der Waals surface area contributed by atoms with Crippen LogP contribution in [0.5, 0.6) is 0 Å². The molecule has 1 heterocycles. The predicted molar refractivity (Wildman–Crippen MR) is 83.2 cm³/mol. The van der Waals surface area contributed by atoms with Gasteiger partial charge in [0.25, 0.3) is 0 Å². The van der Waals surface area contributed by atoms with E-state index in [1.807, 2.05) is 18.3 Å². The minimum Gasteiger partial charge on any atom is -0.310 e. The number of rotatable bonds is 5. The van der Waals surface area contributed by atoms with Crippen LogP contribution in [0.25, 0.3) is 0 Å². The number of hydrogen-bond acceptors (Lipinski definition) is 2. The van der Waals surface area contributed by atoms with E-state index in [0.717, 1.165) is 23.1 Å². The van der Waals surface area contributed by atoms with Crippen molar-refractivity contribution in [3.05, 3.63) is 63.9 Å². The van der Waals surface area contributed by atoms with Gasteiger partial charge in [0.05, 0.1) is 0 Å². The Kier molecular flexibility index (Phi) is 5.11. The van der Waals surface area contributed by atoms with Crippen molar-refractivity contribution in [2.75, 3.05) is 6.54 Å². The largest absolute Gasteiger partial charge is 0.310 e. The Morgan fingerprint density at radius 3 is 2.79 bits per heavy atom. The molecule has 0 saturated heterocycles. The third-order valence-corrected chi connectivity index (χ3v) is 3.70. The summed E-state index contributed by atoms with van der Waals surface area (Å²) < 4.78 is 1.12. The molecule has 0 amide bonds. The number of hydrogen-bond donors (Lipinski definition) is 1. The molecule has 3 heteroatoms. The van der Waals surface area contributed by atoms with E-state index in [4.69, 9.17) is 0 Å². The van der Waals surface area contributed by atoms with Crippen molar-refractivity contribution in [1.29, 1.82) is 0 Å². The first-order valence-electron chi connectivity index (χ1n) is 6.60. The highest BCUT2D eigenvalue weighted by Gasteiger charge is 2.14. The smallest absolute Gasteiger partial charge is 0.0422 e. The second-order valence-electron chi connectivity index (χ2n) is 4.64. The lowest BCUT2D eigenvalue weighted by Gasteiger charge is -2.20. The minimum absolute atomic E-state index is 0.303. The molecule has 1 atom stereocenters. The molecule has 0 fully saturated rings. The van der Waals surface area contributed by atoms with Crippen LogP contribution in [0.2, 0.25) is 0 Å². The molecule has 0 radical (unpaired) electrons. The fourth-order valence-corrected chi connectivity index (χ4v) is 2.63. The van der Waals surface area contributed by atoms with Gasteiger partial charge in [-0.2, -0.15) is 0 Å². The second kappa shape index (κ2) is 6.83. The number of aryl methyl sites for hydroxylation is 1. The van der Waals surface area contributed by atoms with E-state index < -0.39 is 0 Å². The number of likely N-dealkylation sites (N-methyl/N-ethyl adjacent to an activating group) is 1. The summed E-state index contributed by atoms with van der Waals surface area (Å²) in [5, 5.41) is 3.55. The molecule has 1 unspecified atom stereocenters. The van der Waals surface area contributed by atoms with Gasteiger partial charge < -0.3 is 5.32 Å². The quantitative estimate of drug-likeness (QED) is 0.899. The Morgan fingerprint density at radius 2 is 2.11 bits per heavy atom. The van der Waals surface area contributed by atoms with Gasteiger partial charge in [0.15, 0.2) is 0 Å². The van der Waals surface area contributed by atoms with Crippen LogP contribution in [0, 0.1) is 6.92 Å². The van der Waals surface area contributed by atoms with Crippen LogP contribution in [0.4, 0.5) is 0 Å². The fourth-order valence-electron chi connectivity index (χ4n) is 2.25. The third-order valence-electron chi connectivity index (χ3n) is 3.21. The maximum atomic E-state index is 4.43. The van der Waals surface area contributed by atoms with Crippen molar-refractivity contribution < 1.29 is 0 Å². The number of nitrogens with one attached hydrogen (secondary N) is 1. The van der Waals surface area contributed by atoms with Crippen LogP contribution >= 0.6 is 15.9 Å². The highest BCUT2D eigenvalue weighted by Crippen LogP contribution is 2.24. The molecule has 0 aliphatic carbocycles. The summed E-state index contributed by atoms with van der Waals surface area (Å²) >= 11 is 3.56. The summed E-state index contributed by atoms with van der Waals surface area (Å²) in [6, 6.07) is 12.8. The fraction of sp³-hybridized carbons (Fsp3) is 0.312. The van der Waals surface area contributed by atoms with Crippen LogP contribution in [-0.4, -0.2) is 11.5 Å². The molecule has 1 aromatic heterocycles. The molecular weight excluding hydrogens is 300 g/mol. The van der Waals surface area contributed by atoms with Gasteiger partial charge in [0.1, 0.15) is 0 Å². The highest BCUT2D eigenvalue weighted by atomic mass is 79.9. The number of halogens is 1. The van der Waals surface area contributed by atoms with E-state index >= 15 is 0 Å². The van der Waals surface area contributed by atoms with E-state index in [1.165, 1.54) is 11.1 Å². The molecule has 2 nitrogen and oxygen atoms in total. The molecule has 0 bridgehead atoms. The molecular formula is C16H19BrN2. The average molecular weight is 319 g/mol. The summed E-state index contributed by atoms with van der Waals surface area (Å²) in [6.45, 7) is 5.24. The van der Waals surface area contributed by atoms with Gasteiger partial charge in [-0.25, -0.2) is 0 Å². The molecule has 2 rings (SSSR count). The summed E-state index contributed by atoms with van der Waals surface area (Å²) in [5.74, 6) is 0. The lowest BCUT2D eigenvalue weighted by molar-refractivity contribution is 0.541. The van der Waals surface area contributed by atoms with Crippen LogP contribution in [0.15, 0.2) is 47.1 Å². The summed E-state index contributed by atoms with van der Waals surface area (Å²) in [7, 11) is 0. The summed E-state index contributed by atoms with van der Waals surface area (Å²) in [4.78, 5) is 4.43. The van der Waals surface area contributed by atoms with E-state index in [2.05, 4.69) is 64.3 Å². The zero-order valence-corrected chi connectivity index (χ0v) is 12.9. The van der Waals surface area contributed by atoms with Gasteiger partial charge in [0, 0.05) is 28.8 Å². The Hall–Kier alpha value is -1.19. The van der Waals surface area contributed by atoms with Crippen LogP contribution < -0.4 is 5.32 Å². The maximum Gasteiger partial charge on any atom is 0.0422 e. The zero-order valence-electron chi connectivity index (χ0n) is 11.4. The first-order chi connectivity index (χ1) is 9.20. The zero-order chi connectivity index (χ0) is 13.7. The Bertz CT molecular complexity index is 526. The van der Waals surface area contributed by atoms with Gasteiger partial charge in [-0.05, 0) is 48.9 Å². The van der Waals surface area contributed by atoms with E-state index in [9.17, 15) is 0 Å². The van der Waals surface area contributed by atoms with Crippen LogP contribution in [-0.2, 0) is 6.42 Å². The number of aromatic nitrogens is 1. The molecule has 2 aromatic rings. The standard InChI is InChI=1S/C16H19BrN2/c1-3-18-16(11-14-6-4-5-9-19-14)15-10-13(17)8-7-12(15)2/h4-10,16,18H,3,11H2,1-2H3. The average Bonchev–Trinajstić information content (AvgIpc) is 2.42. The van der Waals surface area contributed by atoms with Gasteiger partial charge in [-0.15, -0.1) is 0 Å². The van der Waals surface area contributed by atoms with Crippen molar-refractivity contribution in [2.24, 2.45) is 0 Å². The van der Waals surface area contributed by atoms with Crippen molar-refractivity contribution in [1.82, 2.24) is 10.3 Å². The van der Waals surface area contributed by atoms with Gasteiger partial charge in [-0.1, -0.05) is 35.0 Å². The SMILES string of the molecule is CCNC(Cc1ccccn1)c1cc(Br)ccc1C. The van der Waals surface area contributed by atoms with Gasteiger partial charge >= 0.3 is 0 Å². The minimum atomic E-state index is 0.303. The maximum absolute atomic E-state index is 4.43. The van der Waals surface area contributed by atoms with E-state index in [1.54, 1.807) is 0 Å². The van der Waals surface area contributed by atoms with Crippen molar-refractivity contribution in [3.8, 4) is 0 Å². The Labute approximate surface area is 123 Å². The molecule has 100 valence electrons. The molecule has 1 N–H and O–H groups in total. The summed E-state index contributed by atoms with van der Waals surface area (Å²) in [5.41, 5.74) is 3.76. The molecule has 0 aliphatic heterocycles. The number of nitrogens with zero attached hydrogens (tertiary/aromatic N) is 1. The topological polar surface area (TPSA) is 24.9 Å². The van der Waals surface area contributed by atoms with Crippen molar-refractivity contribution in [2.45, 2.75) is 26.3 Å².